The lowest BCUT2D eigenvalue weighted by molar-refractivity contribution is -0.124. The minimum Gasteiger partial charge on any atom is -0.386 e. The van der Waals surface area contributed by atoms with E-state index >= 15 is 4.39 Å². The number of thioether (sulfide) groups is 2. The van der Waals surface area contributed by atoms with Gasteiger partial charge in [-0.3, -0.25) is 37.5 Å². The first kappa shape index (κ1) is 36.5. The summed E-state index contributed by atoms with van der Waals surface area (Å²) in [6.07, 6.45) is -2.38. The maximum Gasteiger partial charge on any atom is 0.474 e. The Morgan fingerprint density at radius 2 is 1.68 bits per heavy atom. The molecule has 0 spiro atoms. The molecular formula is C25H37FN5O10PS2. The molecule has 19 heteroatoms. The SMILES string of the molecule is CC(C)(C)C(=O)SCCOP(=O)(OCCSC(=O)C(C)(C)C)OC[C@@]1(CN=[N+]=[N-])O[C@H]2C(n3ccc(=O)[nH]c3=O)[C@]2(F)[C@@H]1O. The van der Waals surface area contributed by atoms with E-state index < -0.39 is 72.6 Å². The van der Waals surface area contributed by atoms with E-state index in [-0.39, 0.29) is 35.0 Å². The summed E-state index contributed by atoms with van der Waals surface area (Å²) in [5.41, 5.74) is 1.47. The monoisotopic (exact) mass is 681 g/mol. The van der Waals surface area contributed by atoms with E-state index in [0.29, 0.717) is 0 Å². The van der Waals surface area contributed by atoms with Crippen molar-refractivity contribution in [1.29, 1.82) is 0 Å². The molecule has 44 heavy (non-hydrogen) atoms. The van der Waals surface area contributed by atoms with Crippen LogP contribution in [0.5, 0.6) is 0 Å². The van der Waals surface area contributed by atoms with Crippen LogP contribution in [0.4, 0.5) is 4.39 Å². The van der Waals surface area contributed by atoms with Crippen LogP contribution in [0.15, 0.2) is 27.0 Å². The van der Waals surface area contributed by atoms with Gasteiger partial charge in [0.2, 0.25) is 0 Å². The summed E-state index contributed by atoms with van der Waals surface area (Å²) in [5, 5.41) is 14.3. The predicted octanol–water partition coefficient (Wildman–Crippen LogP) is 3.38. The average molecular weight is 682 g/mol. The van der Waals surface area contributed by atoms with E-state index in [1.54, 1.807) is 41.5 Å². The number of phosphoric ester groups is 1. The summed E-state index contributed by atoms with van der Waals surface area (Å²) in [5.74, 6) is 0.191. The van der Waals surface area contributed by atoms with Crippen LogP contribution in [0.2, 0.25) is 0 Å². The molecule has 2 aliphatic rings. The highest BCUT2D eigenvalue weighted by Crippen LogP contribution is 2.64. The zero-order valence-electron chi connectivity index (χ0n) is 25.2. The number of phosphoric acid groups is 1. The first-order chi connectivity index (χ1) is 20.3. The van der Waals surface area contributed by atoms with Gasteiger partial charge in [-0.15, -0.1) is 0 Å². The number of aromatic nitrogens is 2. The number of rotatable bonds is 14. The van der Waals surface area contributed by atoms with Crippen LogP contribution in [-0.4, -0.2) is 86.2 Å². The van der Waals surface area contributed by atoms with Crippen molar-refractivity contribution in [3.63, 3.8) is 0 Å². The van der Waals surface area contributed by atoms with Crippen LogP contribution in [-0.2, 0) is 32.5 Å². The Bertz CT molecular complexity index is 1420. The Kier molecular flexibility index (Phi) is 11.4. The van der Waals surface area contributed by atoms with E-state index in [9.17, 15) is 28.8 Å². The second-order valence-corrected chi connectivity index (χ2v) is 16.1. The summed E-state index contributed by atoms with van der Waals surface area (Å²) >= 11 is 1.91. The number of aliphatic hydroxyl groups excluding tert-OH is 1. The molecule has 2 heterocycles. The molecule has 1 aromatic rings. The molecule has 1 aliphatic carbocycles. The number of aliphatic hydroxyl groups is 1. The fourth-order valence-corrected chi connectivity index (χ4v) is 7.31. The third-order valence-corrected chi connectivity index (χ3v) is 10.7. The number of carbonyl (C=O) groups excluding carboxylic acids is 2. The molecule has 2 N–H and O–H groups in total. The van der Waals surface area contributed by atoms with Crippen molar-refractivity contribution in [1.82, 2.24) is 9.55 Å². The molecule has 246 valence electrons. The van der Waals surface area contributed by atoms with Crippen LogP contribution >= 0.6 is 31.3 Å². The largest absolute Gasteiger partial charge is 0.474 e. The molecule has 1 saturated heterocycles. The molecule has 1 aliphatic heterocycles. The Labute approximate surface area is 261 Å². The molecule has 2 fully saturated rings. The molecule has 0 aromatic carbocycles. The number of carbonyl (C=O) groups is 2. The molecule has 15 nitrogen and oxygen atoms in total. The van der Waals surface area contributed by atoms with Gasteiger partial charge in [0, 0.05) is 39.5 Å². The lowest BCUT2D eigenvalue weighted by atomic mass is 9.93. The van der Waals surface area contributed by atoms with Gasteiger partial charge in [-0.05, 0) is 5.53 Å². The third kappa shape index (κ3) is 8.22. The summed E-state index contributed by atoms with van der Waals surface area (Å²) < 4.78 is 52.7. The van der Waals surface area contributed by atoms with Gasteiger partial charge in [0.25, 0.3) is 5.56 Å². The number of hydrogen-bond donors (Lipinski definition) is 2. The fraction of sp³-hybridized carbons (Fsp3) is 0.760. The smallest absolute Gasteiger partial charge is 0.386 e. The summed E-state index contributed by atoms with van der Waals surface area (Å²) in [6.45, 7) is 8.49. The van der Waals surface area contributed by atoms with E-state index in [2.05, 4.69) is 10.0 Å². The van der Waals surface area contributed by atoms with Gasteiger partial charge >= 0.3 is 13.5 Å². The number of nitrogens with one attached hydrogen (secondary N) is 1. The highest BCUT2D eigenvalue weighted by molar-refractivity contribution is 8.14. The maximum atomic E-state index is 16.1. The Morgan fingerprint density at radius 1 is 1.14 bits per heavy atom. The van der Waals surface area contributed by atoms with Crippen molar-refractivity contribution in [2.24, 2.45) is 15.9 Å². The second-order valence-electron chi connectivity index (χ2n) is 12.3. The number of hydrogen-bond acceptors (Lipinski definition) is 13. The van der Waals surface area contributed by atoms with Crippen molar-refractivity contribution >= 4 is 41.6 Å². The number of aromatic amines is 1. The lowest BCUT2D eigenvalue weighted by Crippen LogP contribution is -2.53. The van der Waals surface area contributed by atoms with Crippen molar-refractivity contribution in [2.75, 3.05) is 37.9 Å². The van der Waals surface area contributed by atoms with Crippen molar-refractivity contribution in [2.45, 2.75) is 71.1 Å². The van der Waals surface area contributed by atoms with Gasteiger partial charge < -0.3 is 9.84 Å². The second kappa shape index (κ2) is 13.8. The number of fused-ring (bicyclic) bond motifs is 1. The molecule has 1 unspecified atom stereocenters. The van der Waals surface area contributed by atoms with Crippen LogP contribution in [0, 0.1) is 10.8 Å². The summed E-state index contributed by atoms with van der Waals surface area (Å²) in [7, 11) is -4.48. The van der Waals surface area contributed by atoms with E-state index in [0.717, 1.165) is 40.4 Å². The number of ether oxygens (including phenoxy) is 1. The molecule has 5 atom stereocenters. The van der Waals surface area contributed by atoms with Gasteiger partial charge in [-0.2, -0.15) is 0 Å². The summed E-state index contributed by atoms with van der Waals surface area (Å²) in [6, 6.07) is -0.303. The first-order valence-electron chi connectivity index (χ1n) is 13.6. The molecule has 1 aromatic heterocycles. The van der Waals surface area contributed by atoms with Gasteiger partial charge in [0.1, 0.15) is 23.9 Å². The Morgan fingerprint density at radius 3 is 2.11 bits per heavy atom. The molecule has 1 saturated carbocycles. The Hall–Kier alpha value is -2.01. The first-order valence-corrected chi connectivity index (χ1v) is 17.0. The van der Waals surface area contributed by atoms with Crippen LogP contribution < -0.4 is 11.2 Å². The lowest BCUT2D eigenvalue weighted by Gasteiger charge is -2.35. The number of nitrogens with zero attached hydrogens (tertiary/aromatic N) is 4. The van der Waals surface area contributed by atoms with E-state index in [4.69, 9.17) is 23.8 Å². The van der Waals surface area contributed by atoms with Crippen molar-refractivity contribution < 1.29 is 42.0 Å². The van der Waals surface area contributed by atoms with Crippen LogP contribution in [0.1, 0.15) is 47.6 Å². The minimum absolute atomic E-state index is 0.0956. The van der Waals surface area contributed by atoms with Gasteiger partial charge in [0.15, 0.2) is 15.9 Å². The van der Waals surface area contributed by atoms with Crippen LogP contribution in [0.3, 0.4) is 0 Å². The Balaban J connectivity index is 1.75. The molecule has 0 amide bonds. The standard InChI is InChI=1S/C25H37FN5O10PS2/c1-22(2,3)19(34)43-11-9-38-42(37,39-10-12-44-20(35)23(4,5)6)40-14-24(13-28-30-27)18(33)25(26)16(17(25)41-24)31-8-7-15(32)29-21(31)36/h7-8,16-18,33H,9-14H2,1-6H3,(H,29,32,36)/t16?,17-,18+,24+,25+/m0/s1. The maximum absolute atomic E-state index is 16.1. The van der Waals surface area contributed by atoms with Gasteiger partial charge in [-0.1, -0.05) is 70.2 Å². The van der Waals surface area contributed by atoms with E-state index in [1.807, 2.05) is 4.98 Å². The topological polar surface area (TPSA) is 212 Å². The number of halogens is 1. The number of azide groups is 1. The predicted molar refractivity (Wildman–Crippen MR) is 161 cm³/mol. The molecule has 0 radical (unpaired) electrons. The third-order valence-electron chi connectivity index (χ3n) is 6.72. The normalized spacial score (nSPS) is 26.6. The zero-order valence-corrected chi connectivity index (χ0v) is 27.7. The van der Waals surface area contributed by atoms with E-state index in [1.165, 1.54) is 0 Å². The molecular weight excluding hydrogens is 644 g/mol. The molecule has 0 bridgehead atoms. The zero-order chi connectivity index (χ0) is 33.1. The quantitative estimate of drug-likeness (QED) is 0.0951. The van der Waals surface area contributed by atoms with Gasteiger partial charge in [0.05, 0.1) is 26.4 Å². The van der Waals surface area contributed by atoms with Crippen molar-refractivity contribution in [3.05, 3.63) is 43.5 Å². The highest BCUT2D eigenvalue weighted by atomic mass is 32.2. The van der Waals surface area contributed by atoms with Crippen LogP contribution in [0.25, 0.3) is 10.4 Å². The molecule has 3 rings (SSSR count). The highest BCUT2D eigenvalue weighted by Gasteiger charge is 2.83. The fourth-order valence-electron chi connectivity index (χ4n) is 4.26. The number of alkyl halides is 1. The number of H-pyrrole nitrogens is 1. The summed E-state index contributed by atoms with van der Waals surface area (Å²) in [4.78, 5) is 52.8. The minimum atomic E-state index is -4.48. The van der Waals surface area contributed by atoms with Crippen molar-refractivity contribution in [3.8, 4) is 0 Å². The van der Waals surface area contributed by atoms with Gasteiger partial charge in [-0.25, -0.2) is 13.8 Å². The average Bonchev–Trinajstić information content (AvgIpc) is 3.43.